The average molecular weight is 533 g/mol. The summed E-state index contributed by atoms with van der Waals surface area (Å²) in [5.74, 6) is -1.25. The summed E-state index contributed by atoms with van der Waals surface area (Å²) >= 11 is 0. The van der Waals surface area contributed by atoms with Crippen LogP contribution in [0.3, 0.4) is 0 Å². The molecule has 0 unspecified atom stereocenters. The zero-order valence-corrected chi connectivity index (χ0v) is 22.5. The van der Waals surface area contributed by atoms with Gasteiger partial charge < -0.3 is 19.5 Å². The third-order valence-corrected chi connectivity index (χ3v) is 7.05. The Morgan fingerprint density at radius 2 is 1.62 bits per heavy atom. The SMILES string of the molecule is Cn1nc(C(=O)O)cc1CN(C(=O)OCC1c2ccccc2-c2ccccc21)C1CN(C(=O)OC(C)(C)C)C1. The zero-order valence-electron chi connectivity index (χ0n) is 22.5. The van der Waals surface area contributed by atoms with Crippen LogP contribution in [0.1, 0.15) is 54.0 Å². The summed E-state index contributed by atoms with van der Waals surface area (Å²) in [7, 11) is 1.63. The Bertz CT molecular complexity index is 1370. The van der Waals surface area contributed by atoms with Crippen molar-refractivity contribution >= 4 is 18.2 Å². The molecule has 39 heavy (non-hydrogen) atoms. The molecule has 204 valence electrons. The van der Waals surface area contributed by atoms with Gasteiger partial charge in [0, 0.05) is 26.1 Å². The molecule has 2 aromatic carbocycles. The Hall–Kier alpha value is -4.34. The van der Waals surface area contributed by atoms with Crippen molar-refractivity contribution in [3.8, 4) is 11.1 Å². The standard InChI is InChI=1S/C29H32N4O6/c1-29(2,3)39-27(36)32-14-19(15-32)33(16-18-13-25(26(34)35)30-31(18)4)28(37)38-17-24-22-11-7-5-9-20(22)21-10-6-8-12-23(21)24/h5-13,19,24H,14-17H2,1-4H3,(H,34,35). The summed E-state index contributed by atoms with van der Waals surface area (Å²) in [5.41, 5.74) is 4.28. The molecule has 10 nitrogen and oxygen atoms in total. The molecule has 1 aliphatic heterocycles. The maximum absolute atomic E-state index is 13.5. The fourth-order valence-electron chi connectivity index (χ4n) is 5.08. The number of hydrogen-bond acceptors (Lipinski definition) is 6. The molecule has 0 bridgehead atoms. The van der Waals surface area contributed by atoms with Gasteiger partial charge >= 0.3 is 18.2 Å². The van der Waals surface area contributed by atoms with Crippen LogP contribution in [0.25, 0.3) is 11.1 Å². The monoisotopic (exact) mass is 532 g/mol. The van der Waals surface area contributed by atoms with Crippen molar-refractivity contribution in [3.05, 3.63) is 77.1 Å². The van der Waals surface area contributed by atoms with Crippen molar-refractivity contribution in [2.75, 3.05) is 19.7 Å². The number of nitrogens with zero attached hydrogens (tertiary/aromatic N) is 4. The first-order chi connectivity index (χ1) is 18.5. The summed E-state index contributed by atoms with van der Waals surface area (Å²) in [6.07, 6.45) is -0.983. The number of carboxylic acids is 1. The molecule has 0 radical (unpaired) electrons. The van der Waals surface area contributed by atoms with Crippen molar-refractivity contribution in [1.82, 2.24) is 19.6 Å². The van der Waals surface area contributed by atoms with Crippen LogP contribution in [-0.4, -0.2) is 74.2 Å². The van der Waals surface area contributed by atoms with Crippen LogP contribution in [0.5, 0.6) is 0 Å². The number of fused-ring (bicyclic) bond motifs is 3. The third kappa shape index (κ3) is 5.32. The summed E-state index contributed by atoms with van der Waals surface area (Å²) in [5, 5.41) is 13.4. The van der Waals surface area contributed by atoms with E-state index in [9.17, 15) is 19.5 Å². The zero-order chi connectivity index (χ0) is 27.9. The number of aryl methyl sites for hydroxylation is 1. The van der Waals surface area contributed by atoms with Gasteiger partial charge in [0.1, 0.15) is 12.2 Å². The lowest BCUT2D eigenvalue weighted by Gasteiger charge is -2.44. The normalized spacial score (nSPS) is 14.8. The summed E-state index contributed by atoms with van der Waals surface area (Å²) in [6.45, 7) is 6.19. The lowest BCUT2D eigenvalue weighted by atomic mass is 9.98. The fraction of sp³-hybridized carbons (Fsp3) is 0.379. The Morgan fingerprint density at radius 3 is 2.15 bits per heavy atom. The van der Waals surface area contributed by atoms with Crippen molar-refractivity contribution in [3.63, 3.8) is 0 Å². The molecule has 1 fully saturated rings. The second kappa shape index (κ2) is 10.1. The average Bonchev–Trinajstić information content (AvgIpc) is 3.37. The Balaban J connectivity index is 1.33. The molecular weight excluding hydrogens is 500 g/mol. The second-order valence-electron chi connectivity index (χ2n) is 10.9. The third-order valence-electron chi connectivity index (χ3n) is 7.05. The number of carboxylic acid groups (broad SMARTS) is 1. The molecule has 1 aliphatic carbocycles. The van der Waals surface area contributed by atoms with E-state index in [-0.39, 0.29) is 43.9 Å². The van der Waals surface area contributed by atoms with E-state index >= 15 is 0 Å². The smallest absolute Gasteiger partial charge is 0.410 e. The number of benzene rings is 2. The van der Waals surface area contributed by atoms with E-state index in [0.717, 1.165) is 22.3 Å². The predicted molar refractivity (Wildman–Crippen MR) is 142 cm³/mol. The highest BCUT2D eigenvalue weighted by atomic mass is 16.6. The number of rotatable bonds is 6. The van der Waals surface area contributed by atoms with Gasteiger partial charge in [0.05, 0.1) is 18.3 Å². The number of aromatic nitrogens is 2. The van der Waals surface area contributed by atoms with Crippen LogP contribution in [0, 0.1) is 0 Å². The Kier molecular flexibility index (Phi) is 6.80. The molecule has 1 saturated heterocycles. The van der Waals surface area contributed by atoms with Crippen LogP contribution in [0.15, 0.2) is 54.6 Å². The highest BCUT2D eigenvalue weighted by Crippen LogP contribution is 2.44. The molecule has 2 aliphatic rings. The van der Waals surface area contributed by atoms with Gasteiger partial charge in [0.15, 0.2) is 5.69 Å². The van der Waals surface area contributed by atoms with Gasteiger partial charge in [0.2, 0.25) is 0 Å². The molecule has 0 atom stereocenters. The molecule has 2 amide bonds. The van der Waals surface area contributed by atoms with Crippen LogP contribution in [0.2, 0.25) is 0 Å². The first-order valence-corrected chi connectivity index (χ1v) is 12.9. The van der Waals surface area contributed by atoms with E-state index in [2.05, 4.69) is 29.4 Å². The van der Waals surface area contributed by atoms with Crippen molar-refractivity contribution in [2.24, 2.45) is 7.05 Å². The molecule has 5 rings (SSSR count). The van der Waals surface area contributed by atoms with Crippen LogP contribution in [-0.2, 0) is 23.1 Å². The van der Waals surface area contributed by atoms with Gasteiger partial charge in [-0.05, 0) is 49.1 Å². The first kappa shape index (κ1) is 26.3. The summed E-state index contributed by atoms with van der Waals surface area (Å²) < 4.78 is 12.8. The van der Waals surface area contributed by atoms with E-state index < -0.39 is 23.8 Å². The largest absolute Gasteiger partial charge is 0.476 e. The lowest BCUT2D eigenvalue weighted by Crippen LogP contribution is -2.62. The maximum Gasteiger partial charge on any atom is 0.410 e. The molecule has 3 aromatic rings. The van der Waals surface area contributed by atoms with Crippen molar-refractivity contribution < 1.29 is 29.0 Å². The minimum Gasteiger partial charge on any atom is -0.476 e. The number of amides is 2. The summed E-state index contributed by atoms with van der Waals surface area (Å²) in [4.78, 5) is 40.5. The molecule has 0 spiro atoms. The topological polar surface area (TPSA) is 114 Å². The van der Waals surface area contributed by atoms with Gasteiger partial charge in [0.25, 0.3) is 0 Å². The molecule has 0 saturated carbocycles. The number of aromatic carboxylic acids is 1. The van der Waals surface area contributed by atoms with E-state index in [4.69, 9.17) is 9.47 Å². The maximum atomic E-state index is 13.5. The van der Waals surface area contributed by atoms with Gasteiger partial charge in [-0.3, -0.25) is 9.58 Å². The van der Waals surface area contributed by atoms with E-state index in [1.165, 1.54) is 20.5 Å². The van der Waals surface area contributed by atoms with E-state index in [1.54, 1.807) is 27.8 Å². The van der Waals surface area contributed by atoms with Gasteiger partial charge in [-0.1, -0.05) is 48.5 Å². The molecule has 10 heteroatoms. The fourth-order valence-corrected chi connectivity index (χ4v) is 5.08. The minimum absolute atomic E-state index is 0.0836. The number of ether oxygens (including phenoxy) is 2. The van der Waals surface area contributed by atoms with E-state index in [0.29, 0.717) is 5.69 Å². The van der Waals surface area contributed by atoms with E-state index in [1.807, 2.05) is 24.3 Å². The minimum atomic E-state index is -1.15. The van der Waals surface area contributed by atoms with Crippen molar-refractivity contribution in [1.29, 1.82) is 0 Å². The van der Waals surface area contributed by atoms with Crippen LogP contribution < -0.4 is 0 Å². The summed E-state index contributed by atoms with van der Waals surface area (Å²) in [6, 6.07) is 17.3. The first-order valence-electron chi connectivity index (χ1n) is 12.9. The number of carbonyl (C=O) groups excluding carboxylic acids is 2. The predicted octanol–water partition coefficient (Wildman–Crippen LogP) is 4.49. The van der Waals surface area contributed by atoms with Gasteiger partial charge in [-0.25, -0.2) is 14.4 Å². The molecular formula is C29H32N4O6. The van der Waals surface area contributed by atoms with Gasteiger partial charge in [-0.15, -0.1) is 0 Å². The number of carbonyl (C=O) groups is 3. The Labute approximate surface area is 226 Å². The number of likely N-dealkylation sites (tertiary alicyclic amines) is 1. The van der Waals surface area contributed by atoms with Crippen LogP contribution >= 0.6 is 0 Å². The molecule has 1 N–H and O–H groups in total. The highest BCUT2D eigenvalue weighted by Gasteiger charge is 2.40. The molecule has 1 aromatic heterocycles. The second-order valence-corrected chi connectivity index (χ2v) is 10.9. The van der Waals surface area contributed by atoms with Crippen LogP contribution in [0.4, 0.5) is 9.59 Å². The van der Waals surface area contributed by atoms with Gasteiger partial charge in [-0.2, -0.15) is 5.10 Å². The Morgan fingerprint density at radius 1 is 1.03 bits per heavy atom. The molecule has 2 heterocycles. The lowest BCUT2D eigenvalue weighted by molar-refractivity contribution is -0.0180. The highest BCUT2D eigenvalue weighted by molar-refractivity contribution is 5.85. The quantitative estimate of drug-likeness (QED) is 0.498. The van der Waals surface area contributed by atoms with Crippen molar-refractivity contribution in [2.45, 2.75) is 44.9 Å². The number of hydrogen-bond donors (Lipinski definition) is 1.